The second-order valence-corrected chi connectivity index (χ2v) is 9.84. The summed E-state index contributed by atoms with van der Waals surface area (Å²) in [6, 6.07) is 0. The van der Waals surface area contributed by atoms with Crippen LogP contribution in [0.4, 0.5) is 26.3 Å². The molecule has 0 aromatic heterocycles. The molecule has 1 rings (SSSR count). The van der Waals surface area contributed by atoms with Gasteiger partial charge in [0.15, 0.2) is 0 Å². The number of likely N-dealkylation sites (tertiary alicyclic amines) is 1. The van der Waals surface area contributed by atoms with Gasteiger partial charge in [0.2, 0.25) is 0 Å². The molecule has 1 aliphatic rings. The third-order valence-corrected chi connectivity index (χ3v) is 6.64. The molecule has 0 aromatic carbocycles. The average Bonchev–Trinajstić information content (AvgIpc) is 2.86. The average molecular weight is 450 g/mol. The molecule has 14 heteroatoms. The minimum Gasteiger partial charge on any atom is -0.303 e. The van der Waals surface area contributed by atoms with Gasteiger partial charge >= 0.3 is 31.1 Å². The highest BCUT2D eigenvalue weighted by Crippen LogP contribution is 2.27. The van der Waals surface area contributed by atoms with Gasteiger partial charge in [-0.1, -0.05) is 37.2 Å². The third kappa shape index (κ3) is 9.43. The Morgan fingerprint density at radius 2 is 1.41 bits per heavy atom. The van der Waals surface area contributed by atoms with Crippen LogP contribution in [0, 0.1) is 5.92 Å². The van der Waals surface area contributed by atoms with E-state index >= 15 is 0 Å². The second-order valence-electron chi connectivity index (χ2n) is 6.24. The Hall–Kier alpha value is -0.600. The van der Waals surface area contributed by atoms with Gasteiger partial charge in [0.25, 0.3) is 0 Å². The van der Waals surface area contributed by atoms with Crippen LogP contribution < -0.4 is 4.13 Å². The summed E-state index contributed by atoms with van der Waals surface area (Å²) in [5.41, 5.74) is -12.3. The highest BCUT2D eigenvalue weighted by atomic mass is 32.3. The van der Waals surface area contributed by atoms with Gasteiger partial charge < -0.3 is 4.90 Å². The van der Waals surface area contributed by atoms with E-state index in [1.807, 2.05) is 0 Å². The number of unbranched alkanes of at least 4 members (excludes halogenated alkanes) is 3. The number of hydrogen-bond acceptors (Lipinski definition) is 5. The van der Waals surface area contributed by atoms with Gasteiger partial charge in [0.1, 0.15) is 0 Å². The number of nitrogens with one attached hydrogen (secondary N) is 1. The summed E-state index contributed by atoms with van der Waals surface area (Å²) >= 11 is 0. The quantitative estimate of drug-likeness (QED) is 0.476. The minimum atomic E-state index is -6.60. The summed E-state index contributed by atoms with van der Waals surface area (Å²) in [4.78, 5) is 2.63. The van der Waals surface area contributed by atoms with Crippen molar-refractivity contribution in [3.8, 4) is 0 Å². The van der Waals surface area contributed by atoms with E-state index in [1.54, 1.807) is 0 Å². The zero-order valence-corrected chi connectivity index (χ0v) is 16.5. The molecule has 1 unspecified atom stereocenters. The van der Waals surface area contributed by atoms with Gasteiger partial charge in [-0.05, 0) is 31.8 Å². The van der Waals surface area contributed by atoms with Crippen molar-refractivity contribution in [1.29, 1.82) is 0 Å². The summed E-state index contributed by atoms with van der Waals surface area (Å²) in [5, 5.41) is 0. The Morgan fingerprint density at radius 3 is 1.74 bits per heavy atom. The molecular weight excluding hydrogens is 426 g/mol. The number of alkyl halides is 6. The maximum atomic E-state index is 11.5. The summed E-state index contributed by atoms with van der Waals surface area (Å²) in [6.45, 7) is 8.70. The fraction of sp³-hybridized carbons (Fsp3) is 1.00. The number of sulfonamides is 2. The standard InChI is InChI=1S/C11H23N.C2HF6NO4S2/c1-3-4-5-6-8-12-9-7-11(2)10-12;3-1(4,5)14(10,11)9-15(12,13)2(6,7)8/h11H,3-10H2,1-2H3;9H. The van der Waals surface area contributed by atoms with Crippen molar-refractivity contribution in [2.45, 2.75) is 57.0 Å². The van der Waals surface area contributed by atoms with E-state index in [4.69, 9.17) is 0 Å². The molecule has 0 aromatic rings. The lowest BCUT2D eigenvalue weighted by molar-refractivity contribution is -0.0476. The lowest BCUT2D eigenvalue weighted by Gasteiger charge is -2.14. The highest BCUT2D eigenvalue weighted by molar-refractivity contribution is 8.05. The molecule has 1 saturated heterocycles. The first-order chi connectivity index (χ1) is 12.0. The van der Waals surface area contributed by atoms with Crippen LogP contribution in [0.2, 0.25) is 0 Å². The molecule has 6 nitrogen and oxygen atoms in total. The van der Waals surface area contributed by atoms with Crippen molar-refractivity contribution in [1.82, 2.24) is 9.03 Å². The van der Waals surface area contributed by atoms with Crippen molar-refractivity contribution >= 4 is 20.0 Å². The monoisotopic (exact) mass is 450 g/mol. The van der Waals surface area contributed by atoms with Gasteiger partial charge in [-0.3, -0.25) is 0 Å². The smallest absolute Gasteiger partial charge is 0.303 e. The second kappa shape index (κ2) is 10.3. The predicted octanol–water partition coefficient (Wildman–Crippen LogP) is 3.18. The third-order valence-electron chi connectivity index (χ3n) is 3.66. The first-order valence-corrected chi connectivity index (χ1v) is 11.1. The van der Waals surface area contributed by atoms with E-state index in [0.717, 1.165) is 5.92 Å². The Kier molecular flexibility index (Phi) is 10.0. The Bertz CT molecular complexity index is 605. The maximum Gasteiger partial charge on any atom is 0.512 e. The molecule has 27 heavy (non-hydrogen) atoms. The van der Waals surface area contributed by atoms with E-state index in [1.165, 1.54) is 51.7 Å². The van der Waals surface area contributed by atoms with Crippen molar-refractivity contribution in [2.24, 2.45) is 5.92 Å². The van der Waals surface area contributed by atoms with Crippen LogP contribution in [0.15, 0.2) is 0 Å². The number of halogens is 6. The van der Waals surface area contributed by atoms with E-state index in [0.29, 0.717) is 0 Å². The number of hydrogen-bond donors (Lipinski definition) is 1. The first kappa shape index (κ1) is 26.4. The Balaban J connectivity index is 0.000000511. The fourth-order valence-electron chi connectivity index (χ4n) is 2.23. The van der Waals surface area contributed by atoms with E-state index in [2.05, 4.69) is 18.7 Å². The normalized spacial score (nSPS) is 19.6. The first-order valence-electron chi connectivity index (χ1n) is 8.17. The van der Waals surface area contributed by atoms with Crippen molar-refractivity contribution < 1.29 is 43.2 Å². The van der Waals surface area contributed by atoms with Crippen LogP contribution in [-0.4, -0.2) is 52.4 Å². The SMILES string of the molecule is CCCCCCN1CCC(C)C1.O=S(=O)(NS(=O)(=O)C(F)(F)F)C(F)(F)F. The molecule has 0 spiro atoms. The lowest BCUT2D eigenvalue weighted by atomic mass is 10.2. The van der Waals surface area contributed by atoms with Crippen molar-refractivity contribution in [3.05, 3.63) is 0 Å². The molecule has 164 valence electrons. The van der Waals surface area contributed by atoms with Gasteiger partial charge in [-0.15, -0.1) is 0 Å². The summed E-state index contributed by atoms with van der Waals surface area (Å²) < 4.78 is 108. The van der Waals surface area contributed by atoms with Crippen LogP contribution in [0.3, 0.4) is 0 Å². The van der Waals surface area contributed by atoms with Crippen molar-refractivity contribution in [2.75, 3.05) is 19.6 Å². The van der Waals surface area contributed by atoms with Gasteiger partial charge in [-0.25, -0.2) is 16.8 Å². The van der Waals surface area contributed by atoms with E-state index < -0.39 is 35.2 Å². The molecule has 0 saturated carbocycles. The van der Waals surface area contributed by atoms with E-state index in [-0.39, 0.29) is 0 Å². The minimum absolute atomic E-state index is 0.493. The van der Waals surface area contributed by atoms with Gasteiger partial charge in [0.05, 0.1) is 0 Å². The summed E-state index contributed by atoms with van der Waals surface area (Å²) in [7, 11) is -13.2. The van der Waals surface area contributed by atoms with E-state index in [9.17, 15) is 43.2 Å². The van der Waals surface area contributed by atoms with Crippen LogP contribution in [0.25, 0.3) is 0 Å². The molecule has 1 aliphatic heterocycles. The molecule has 1 N–H and O–H groups in total. The lowest BCUT2D eigenvalue weighted by Crippen LogP contribution is -2.45. The molecule has 1 atom stereocenters. The van der Waals surface area contributed by atoms with Crippen LogP contribution in [0.5, 0.6) is 0 Å². The largest absolute Gasteiger partial charge is 0.512 e. The van der Waals surface area contributed by atoms with Crippen LogP contribution in [0.1, 0.15) is 46.0 Å². The molecule has 0 amide bonds. The molecular formula is C13H24F6N2O4S2. The molecule has 1 fully saturated rings. The number of nitrogens with zero attached hydrogens (tertiary/aromatic N) is 1. The van der Waals surface area contributed by atoms with Crippen LogP contribution in [-0.2, 0) is 20.0 Å². The fourth-order valence-corrected chi connectivity index (χ4v) is 4.14. The molecule has 0 aliphatic carbocycles. The molecule has 1 heterocycles. The Labute approximate surface area is 155 Å². The topological polar surface area (TPSA) is 83.6 Å². The summed E-state index contributed by atoms with van der Waals surface area (Å²) in [6.07, 6.45) is 7.05. The summed E-state index contributed by atoms with van der Waals surface area (Å²) in [5.74, 6) is 0.955. The van der Waals surface area contributed by atoms with Gasteiger partial charge in [0, 0.05) is 6.54 Å². The van der Waals surface area contributed by atoms with Gasteiger partial charge in [-0.2, -0.15) is 26.3 Å². The van der Waals surface area contributed by atoms with Crippen molar-refractivity contribution in [3.63, 3.8) is 0 Å². The number of rotatable bonds is 7. The van der Waals surface area contributed by atoms with Crippen LogP contribution >= 0.6 is 0 Å². The maximum absolute atomic E-state index is 11.5. The zero-order chi connectivity index (χ0) is 21.5. The highest BCUT2D eigenvalue weighted by Gasteiger charge is 2.55. The molecule has 0 bridgehead atoms. The predicted molar refractivity (Wildman–Crippen MR) is 87.4 cm³/mol. The molecule has 0 radical (unpaired) electrons. The zero-order valence-electron chi connectivity index (χ0n) is 14.9. The Morgan fingerprint density at radius 1 is 0.926 bits per heavy atom.